The molecular formula is C17H17NO4. The largest absolute Gasteiger partial charge is 0.473 e. The molecule has 0 bridgehead atoms. The van der Waals surface area contributed by atoms with Crippen molar-refractivity contribution in [2.24, 2.45) is 0 Å². The molecule has 2 aromatic carbocycles. The summed E-state index contributed by atoms with van der Waals surface area (Å²) in [6.45, 7) is 0. The van der Waals surface area contributed by atoms with Crippen LogP contribution in [0.4, 0.5) is 0 Å². The minimum absolute atomic E-state index is 0.0270. The van der Waals surface area contributed by atoms with Crippen molar-refractivity contribution in [2.75, 3.05) is 7.11 Å². The summed E-state index contributed by atoms with van der Waals surface area (Å²) in [5, 5.41) is 9.21. The summed E-state index contributed by atoms with van der Waals surface area (Å²) in [6, 6.07) is 15.1. The highest BCUT2D eigenvalue weighted by Crippen LogP contribution is 2.40. The number of hydrogen-bond acceptors (Lipinski definition) is 5. The zero-order valence-electron chi connectivity index (χ0n) is 12.2. The van der Waals surface area contributed by atoms with Gasteiger partial charge >= 0.3 is 5.97 Å². The summed E-state index contributed by atoms with van der Waals surface area (Å²) in [5.74, 6) is 0.301. The van der Waals surface area contributed by atoms with E-state index in [9.17, 15) is 10.0 Å². The molecule has 1 aliphatic heterocycles. The van der Waals surface area contributed by atoms with E-state index in [1.165, 1.54) is 7.11 Å². The quantitative estimate of drug-likeness (QED) is 0.674. The van der Waals surface area contributed by atoms with E-state index in [4.69, 9.17) is 9.47 Å². The Balaban J connectivity index is 2.06. The van der Waals surface area contributed by atoms with Crippen LogP contribution in [0, 0.1) is 0 Å². The number of carbonyl (C=O) groups is 1. The van der Waals surface area contributed by atoms with E-state index < -0.39 is 6.23 Å². The van der Waals surface area contributed by atoms with Gasteiger partial charge in [-0.3, -0.25) is 0 Å². The fraction of sp³-hybridized carbons (Fsp3) is 0.235. The van der Waals surface area contributed by atoms with Crippen LogP contribution in [0.5, 0.6) is 5.75 Å². The maximum atomic E-state index is 11.7. The van der Waals surface area contributed by atoms with Gasteiger partial charge in [0.05, 0.1) is 12.7 Å². The highest BCUT2D eigenvalue weighted by atomic mass is 16.6. The molecule has 0 saturated carbocycles. The van der Waals surface area contributed by atoms with Crippen LogP contribution in [0.1, 0.15) is 33.8 Å². The Morgan fingerprint density at radius 2 is 2.05 bits per heavy atom. The third kappa shape index (κ3) is 2.68. The van der Waals surface area contributed by atoms with Crippen molar-refractivity contribution in [1.29, 1.82) is 0 Å². The first-order chi connectivity index (χ1) is 10.7. The summed E-state index contributed by atoms with van der Waals surface area (Å²) in [5.41, 5.74) is 4.69. The molecular weight excluding hydrogens is 282 g/mol. The van der Waals surface area contributed by atoms with E-state index in [2.05, 4.69) is 5.48 Å². The molecule has 1 heterocycles. The van der Waals surface area contributed by atoms with Crippen molar-refractivity contribution in [2.45, 2.75) is 18.6 Å². The van der Waals surface area contributed by atoms with Crippen LogP contribution >= 0.6 is 0 Å². The number of benzene rings is 2. The third-order valence-corrected chi connectivity index (χ3v) is 3.87. The molecule has 0 radical (unpaired) electrons. The van der Waals surface area contributed by atoms with Crippen molar-refractivity contribution in [3.63, 3.8) is 0 Å². The summed E-state index contributed by atoms with van der Waals surface area (Å²) in [7, 11) is 1.36. The molecule has 0 amide bonds. The highest BCUT2D eigenvalue weighted by Gasteiger charge is 2.30. The molecule has 1 unspecified atom stereocenters. The van der Waals surface area contributed by atoms with Crippen molar-refractivity contribution >= 4 is 5.97 Å². The highest BCUT2D eigenvalue weighted by molar-refractivity contribution is 5.89. The molecule has 0 aliphatic carbocycles. The lowest BCUT2D eigenvalue weighted by molar-refractivity contribution is 0.00346. The van der Waals surface area contributed by atoms with Crippen molar-refractivity contribution in [3.8, 4) is 5.75 Å². The first-order valence-corrected chi connectivity index (χ1v) is 7.06. The standard InChI is InChI=1S/C17H17NO4/c1-21-17(19)12-7-8-15-14(9-12)13(10-16(18-20)22-15)11-5-3-2-4-6-11/h2-9,13,16,18,20H,10H2,1H3/t13-,16?/m1/s1. The molecule has 0 aromatic heterocycles. The first kappa shape index (κ1) is 14.6. The van der Waals surface area contributed by atoms with Gasteiger partial charge in [-0.15, -0.1) is 0 Å². The minimum Gasteiger partial charge on any atom is -0.473 e. The SMILES string of the molecule is COC(=O)c1ccc2c(c1)[C@@H](c1ccccc1)CC(NO)O2. The maximum absolute atomic E-state index is 11.7. The molecule has 0 fully saturated rings. The lowest BCUT2D eigenvalue weighted by atomic mass is 9.85. The van der Waals surface area contributed by atoms with Crippen LogP contribution in [-0.2, 0) is 4.74 Å². The molecule has 5 nitrogen and oxygen atoms in total. The number of esters is 1. The Morgan fingerprint density at radius 3 is 2.73 bits per heavy atom. The van der Waals surface area contributed by atoms with Crippen molar-refractivity contribution in [3.05, 3.63) is 65.2 Å². The zero-order valence-corrected chi connectivity index (χ0v) is 12.2. The number of hydrogen-bond donors (Lipinski definition) is 2. The Bertz CT molecular complexity index is 672. The Kier molecular flexibility index (Phi) is 4.09. The number of methoxy groups -OCH3 is 1. The van der Waals surface area contributed by atoms with Gasteiger partial charge in [-0.05, 0) is 23.8 Å². The molecule has 1 aliphatic rings. The van der Waals surface area contributed by atoms with Crippen molar-refractivity contribution in [1.82, 2.24) is 5.48 Å². The molecule has 0 spiro atoms. The van der Waals surface area contributed by atoms with Crippen LogP contribution in [0.25, 0.3) is 0 Å². The topological polar surface area (TPSA) is 67.8 Å². The van der Waals surface area contributed by atoms with Gasteiger partial charge in [0.1, 0.15) is 5.75 Å². The van der Waals surface area contributed by atoms with Crippen molar-refractivity contribution < 1.29 is 19.5 Å². The van der Waals surface area contributed by atoms with E-state index in [1.54, 1.807) is 18.2 Å². The fourth-order valence-electron chi connectivity index (χ4n) is 2.80. The average Bonchev–Trinajstić information content (AvgIpc) is 2.60. The number of fused-ring (bicyclic) bond motifs is 1. The molecule has 2 N–H and O–H groups in total. The van der Waals surface area contributed by atoms with Gasteiger partial charge < -0.3 is 14.7 Å². The third-order valence-electron chi connectivity index (χ3n) is 3.87. The smallest absolute Gasteiger partial charge is 0.337 e. The van der Waals surface area contributed by atoms with Gasteiger partial charge in [-0.25, -0.2) is 4.79 Å². The zero-order chi connectivity index (χ0) is 15.5. The molecule has 2 atom stereocenters. The fourth-order valence-corrected chi connectivity index (χ4v) is 2.80. The Labute approximate surface area is 128 Å². The van der Waals surface area contributed by atoms with E-state index >= 15 is 0 Å². The number of nitrogens with one attached hydrogen (secondary N) is 1. The lowest BCUT2D eigenvalue weighted by Crippen LogP contribution is -2.37. The maximum Gasteiger partial charge on any atom is 0.337 e. The predicted octanol–water partition coefficient (Wildman–Crippen LogP) is 2.69. The Hall–Kier alpha value is -2.37. The minimum atomic E-state index is -0.485. The van der Waals surface area contributed by atoms with E-state index in [0.29, 0.717) is 17.7 Å². The van der Waals surface area contributed by atoms with Gasteiger partial charge in [-0.2, -0.15) is 5.48 Å². The molecule has 2 aromatic rings. The van der Waals surface area contributed by atoms with Gasteiger partial charge in [0.15, 0.2) is 6.23 Å². The number of rotatable bonds is 3. The second-order valence-electron chi connectivity index (χ2n) is 5.18. The van der Waals surface area contributed by atoms with E-state index in [1.807, 2.05) is 30.3 Å². The first-order valence-electron chi connectivity index (χ1n) is 7.06. The molecule has 22 heavy (non-hydrogen) atoms. The Morgan fingerprint density at radius 1 is 1.27 bits per heavy atom. The van der Waals surface area contributed by atoms with Crippen LogP contribution in [0.3, 0.4) is 0 Å². The normalized spacial score (nSPS) is 19.9. The molecule has 114 valence electrons. The van der Waals surface area contributed by atoms with E-state index in [-0.39, 0.29) is 11.9 Å². The van der Waals surface area contributed by atoms with Gasteiger partial charge in [0.2, 0.25) is 0 Å². The number of carbonyl (C=O) groups excluding carboxylic acids is 1. The second-order valence-corrected chi connectivity index (χ2v) is 5.18. The van der Waals surface area contributed by atoms with Crippen LogP contribution in [0.2, 0.25) is 0 Å². The summed E-state index contributed by atoms with van der Waals surface area (Å²) >= 11 is 0. The van der Waals surface area contributed by atoms with E-state index in [0.717, 1.165) is 11.1 Å². The molecule has 5 heteroatoms. The van der Waals surface area contributed by atoms with Crippen LogP contribution in [-0.4, -0.2) is 24.5 Å². The van der Waals surface area contributed by atoms with Crippen LogP contribution < -0.4 is 10.2 Å². The summed E-state index contributed by atoms with van der Waals surface area (Å²) in [4.78, 5) is 11.7. The lowest BCUT2D eigenvalue weighted by Gasteiger charge is -2.32. The second kappa shape index (κ2) is 6.17. The van der Waals surface area contributed by atoms with Crippen LogP contribution in [0.15, 0.2) is 48.5 Å². The van der Waals surface area contributed by atoms with Gasteiger partial charge in [0.25, 0.3) is 0 Å². The number of ether oxygens (including phenoxy) is 2. The number of hydroxylamine groups is 1. The predicted molar refractivity (Wildman–Crippen MR) is 80.0 cm³/mol. The van der Waals surface area contributed by atoms with Gasteiger partial charge in [0, 0.05) is 17.9 Å². The molecule has 3 rings (SSSR count). The average molecular weight is 299 g/mol. The summed E-state index contributed by atoms with van der Waals surface area (Å²) in [6.07, 6.45) is 0.0830. The molecule has 0 saturated heterocycles. The summed E-state index contributed by atoms with van der Waals surface area (Å²) < 4.78 is 10.5. The van der Waals surface area contributed by atoms with Gasteiger partial charge in [-0.1, -0.05) is 30.3 Å². The monoisotopic (exact) mass is 299 g/mol.